The minimum atomic E-state index is -0.490. The van der Waals surface area contributed by atoms with Gasteiger partial charge in [-0.15, -0.1) is 0 Å². The van der Waals surface area contributed by atoms with Crippen LogP contribution in [0.5, 0.6) is 0 Å². The molecule has 1 aliphatic rings. The lowest BCUT2D eigenvalue weighted by molar-refractivity contribution is -0.576. The highest BCUT2D eigenvalue weighted by atomic mass is 35.5. The number of halogens is 2. The third-order valence-corrected chi connectivity index (χ3v) is 5.89. The number of carbonyl (C=O) groups is 2. The van der Waals surface area contributed by atoms with E-state index < -0.39 is 17.4 Å². The van der Waals surface area contributed by atoms with Crippen molar-refractivity contribution in [2.24, 2.45) is 5.92 Å². The van der Waals surface area contributed by atoms with Crippen LogP contribution in [0.25, 0.3) is 17.0 Å². The number of carbonyl (C=O) groups excluding carboxylic acids is 2. The van der Waals surface area contributed by atoms with Gasteiger partial charge < -0.3 is 0 Å². The molecule has 0 spiro atoms. The number of hydrogen-bond acceptors (Lipinski definition) is 3. The van der Waals surface area contributed by atoms with E-state index in [9.17, 15) is 14.4 Å². The fraction of sp³-hybridized carbons (Fsp3) is 0.217. The predicted molar refractivity (Wildman–Crippen MR) is 122 cm³/mol. The summed E-state index contributed by atoms with van der Waals surface area (Å²) in [7, 11) is 0. The molecule has 0 bridgehead atoms. The SMILES string of the molecule is Cc1[nH]n(-c2ccc(Cl)c(Cl)c2)c(=O)c1C1=C([n+]2ccccc2)C(=O)N(CC(C)C)C1=O. The standard InChI is InChI=1S/C23H20Cl2N4O3/c1-13(2)12-28-21(30)19(20(23(28)32)27-9-5-4-6-10-27)18-14(3)26-29(22(18)31)15-7-8-16(24)17(25)11-15/h4-11,13H,12H2,1-3H3/p+1. The maximum Gasteiger partial charge on any atom is 0.326 e. The van der Waals surface area contributed by atoms with Crippen LogP contribution in [0.2, 0.25) is 10.0 Å². The molecule has 0 fully saturated rings. The number of aromatic amines is 1. The third kappa shape index (κ3) is 3.67. The van der Waals surface area contributed by atoms with Crippen LogP contribution in [0.1, 0.15) is 25.1 Å². The number of hydrogen-bond donors (Lipinski definition) is 1. The molecule has 0 radical (unpaired) electrons. The lowest BCUT2D eigenvalue weighted by Crippen LogP contribution is -2.40. The molecule has 164 valence electrons. The largest absolute Gasteiger partial charge is 0.326 e. The van der Waals surface area contributed by atoms with Crippen LogP contribution in [0.15, 0.2) is 53.6 Å². The Labute approximate surface area is 194 Å². The molecule has 0 saturated heterocycles. The zero-order valence-electron chi connectivity index (χ0n) is 17.7. The number of amides is 2. The van der Waals surface area contributed by atoms with Gasteiger partial charge in [-0.25, -0.2) is 4.68 Å². The van der Waals surface area contributed by atoms with Gasteiger partial charge in [0.25, 0.3) is 17.2 Å². The van der Waals surface area contributed by atoms with Crippen LogP contribution < -0.4 is 10.1 Å². The lowest BCUT2D eigenvalue weighted by Gasteiger charge is -2.15. The Bertz CT molecular complexity index is 1320. The van der Waals surface area contributed by atoms with Crippen LogP contribution in [-0.2, 0) is 9.59 Å². The zero-order valence-corrected chi connectivity index (χ0v) is 19.2. The number of rotatable bonds is 5. The quantitative estimate of drug-likeness (QED) is 0.457. The Morgan fingerprint density at radius 2 is 1.69 bits per heavy atom. The van der Waals surface area contributed by atoms with E-state index >= 15 is 0 Å². The monoisotopic (exact) mass is 471 g/mol. The second-order valence-corrected chi connectivity index (χ2v) is 8.79. The molecule has 7 nitrogen and oxygen atoms in total. The van der Waals surface area contributed by atoms with E-state index in [0.29, 0.717) is 21.4 Å². The highest BCUT2D eigenvalue weighted by Gasteiger charge is 2.47. The maximum absolute atomic E-state index is 13.5. The summed E-state index contributed by atoms with van der Waals surface area (Å²) in [6.45, 7) is 5.79. The molecule has 3 aromatic rings. The fourth-order valence-corrected chi connectivity index (χ4v) is 4.05. The molecular formula is C23H21Cl2N4O3+. The first-order valence-corrected chi connectivity index (χ1v) is 10.8. The van der Waals surface area contributed by atoms with Gasteiger partial charge in [-0.1, -0.05) is 43.1 Å². The minimum absolute atomic E-state index is 0.0735. The van der Waals surface area contributed by atoms with Crippen molar-refractivity contribution in [1.29, 1.82) is 0 Å². The van der Waals surface area contributed by atoms with E-state index in [0.717, 1.165) is 0 Å². The maximum atomic E-state index is 13.5. The molecule has 32 heavy (non-hydrogen) atoms. The molecule has 3 heterocycles. The summed E-state index contributed by atoms with van der Waals surface area (Å²) in [4.78, 5) is 41.4. The van der Waals surface area contributed by atoms with Gasteiger partial charge in [0, 0.05) is 24.4 Å². The first-order chi connectivity index (χ1) is 15.2. The molecule has 4 rings (SSSR count). The van der Waals surface area contributed by atoms with E-state index in [4.69, 9.17) is 23.2 Å². The summed E-state index contributed by atoms with van der Waals surface area (Å²) >= 11 is 12.1. The molecule has 0 unspecified atom stereocenters. The first kappa shape index (κ1) is 22.0. The topological polar surface area (TPSA) is 79.1 Å². The van der Waals surface area contributed by atoms with Crippen molar-refractivity contribution in [1.82, 2.24) is 14.7 Å². The van der Waals surface area contributed by atoms with Crippen molar-refractivity contribution in [3.63, 3.8) is 0 Å². The van der Waals surface area contributed by atoms with Gasteiger partial charge in [-0.3, -0.25) is 24.4 Å². The van der Waals surface area contributed by atoms with Crippen molar-refractivity contribution in [2.75, 3.05) is 6.54 Å². The molecule has 2 aromatic heterocycles. The van der Waals surface area contributed by atoms with Crippen LogP contribution in [0.4, 0.5) is 0 Å². The fourth-order valence-electron chi connectivity index (χ4n) is 3.75. The van der Waals surface area contributed by atoms with E-state index in [1.54, 1.807) is 54.2 Å². The Hall–Kier alpha value is -3.16. The van der Waals surface area contributed by atoms with Gasteiger partial charge in [0.1, 0.15) is 5.57 Å². The summed E-state index contributed by atoms with van der Waals surface area (Å²) in [6.07, 6.45) is 3.36. The van der Waals surface area contributed by atoms with Crippen LogP contribution in [0.3, 0.4) is 0 Å². The number of pyridine rings is 1. The van der Waals surface area contributed by atoms with E-state index in [1.165, 1.54) is 9.58 Å². The Morgan fingerprint density at radius 3 is 2.31 bits per heavy atom. The summed E-state index contributed by atoms with van der Waals surface area (Å²) < 4.78 is 2.86. The molecule has 0 atom stereocenters. The second-order valence-electron chi connectivity index (χ2n) is 7.97. The van der Waals surface area contributed by atoms with Crippen LogP contribution in [-0.4, -0.2) is 33.0 Å². The third-order valence-electron chi connectivity index (χ3n) is 5.15. The number of imide groups is 1. The van der Waals surface area contributed by atoms with Crippen molar-refractivity contribution in [2.45, 2.75) is 20.8 Å². The summed E-state index contributed by atoms with van der Waals surface area (Å²) in [5.74, 6) is -0.851. The minimum Gasteiger partial charge on any atom is -0.295 e. The first-order valence-electron chi connectivity index (χ1n) is 10.0. The molecular weight excluding hydrogens is 451 g/mol. The number of aryl methyl sites for hydroxylation is 1. The van der Waals surface area contributed by atoms with Gasteiger partial charge >= 0.3 is 5.91 Å². The Balaban J connectivity index is 1.95. The number of nitrogens with zero attached hydrogens (tertiary/aromatic N) is 3. The Morgan fingerprint density at radius 1 is 1.00 bits per heavy atom. The molecule has 0 aliphatic carbocycles. The van der Waals surface area contributed by atoms with Gasteiger partial charge in [0.2, 0.25) is 0 Å². The van der Waals surface area contributed by atoms with E-state index in [2.05, 4.69) is 5.10 Å². The van der Waals surface area contributed by atoms with Crippen molar-refractivity contribution >= 4 is 46.3 Å². The highest BCUT2D eigenvalue weighted by Crippen LogP contribution is 2.31. The molecule has 0 saturated carbocycles. The molecule has 1 N–H and O–H groups in total. The number of aromatic nitrogens is 3. The zero-order chi connectivity index (χ0) is 23.2. The van der Waals surface area contributed by atoms with Gasteiger partial charge in [0.05, 0.1) is 21.3 Å². The average molecular weight is 472 g/mol. The summed E-state index contributed by atoms with van der Waals surface area (Å²) in [5, 5.41) is 3.64. The number of nitrogens with one attached hydrogen (secondary N) is 1. The average Bonchev–Trinajstić information content (AvgIpc) is 3.17. The van der Waals surface area contributed by atoms with Gasteiger partial charge in [-0.05, 0) is 31.0 Å². The molecule has 1 aromatic carbocycles. The van der Waals surface area contributed by atoms with Crippen molar-refractivity contribution < 1.29 is 14.2 Å². The van der Waals surface area contributed by atoms with E-state index in [-0.39, 0.29) is 29.3 Å². The lowest BCUT2D eigenvalue weighted by atomic mass is 10.1. The smallest absolute Gasteiger partial charge is 0.295 e. The van der Waals surface area contributed by atoms with E-state index in [1.807, 2.05) is 19.9 Å². The van der Waals surface area contributed by atoms with Crippen LogP contribution in [0, 0.1) is 12.8 Å². The predicted octanol–water partition coefficient (Wildman–Crippen LogP) is 3.46. The number of H-pyrrole nitrogens is 1. The summed E-state index contributed by atoms with van der Waals surface area (Å²) in [5.41, 5.74) is 0.826. The summed E-state index contributed by atoms with van der Waals surface area (Å²) in [6, 6.07) is 10.1. The van der Waals surface area contributed by atoms with Crippen LogP contribution >= 0.6 is 23.2 Å². The molecule has 2 amide bonds. The molecule has 9 heteroatoms. The molecule has 1 aliphatic heterocycles. The second kappa shape index (κ2) is 8.41. The normalized spacial score (nSPS) is 14.2. The highest BCUT2D eigenvalue weighted by molar-refractivity contribution is 6.44. The van der Waals surface area contributed by atoms with Crippen molar-refractivity contribution in [3.05, 3.63) is 80.4 Å². The van der Waals surface area contributed by atoms with Gasteiger partial charge in [-0.2, -0.15) is 4.57 Å². The number of benzene rings is 1. The van der Waals surface area contributed by atoms with Crippen molar-refractivity contribution in [3.8, 4) is 5.69 Å². The van der Waals surface area contributed by atoms with Gasteiger partial charge in [0.15, 0.2) is 12.4 Å². The Kier molecular flexibility index (Phi) is 5.79.